The second-order valence-electron chi connectivity index (χ2n) is 2.54. The fraction of sp³-hybridized carbons (Fsp3) is 0.143. The van der Waals surface area contributed by atoms with Gasteiger partial charge in [0.05, 0.1) is 0 Å². The topological polar surface area (TPSA) is 70.4 Å². The van der Waals surface area contributed by atoms with Gasteiger partial charge in [0.2, 0.25) is 0 Å². The number of rotatable bonds is 1. The van der Waals surface area contributed by atoms with Crippen molar-refractivity contribution in [3.63, 3.8) is 0 Å². The first-order valence-electron chi connectivity index (χ1n) is 3.45. The summed E-state index contributed by atoms with van der Waals surface area (Å²) in [5.74, 6) is -0.954. The standard InChI is InChI=1S/C7H7N3O2/c1-4-5(7(11)12)6-8-2-3-10(6)9-4/h2-3,9H,1H3,(H,11,12). The fourth-order valence-corrected chi connectivity index (χ4v) is 1.24. The minimum atomic E-state index is -0.954. The second kappa shape index (κ2) is 2.10. The number of aryl methyl sites for hydroxylation is 1. The number of fused-ring (bicyclic) bond motifs is 1. The van der Waals surface area contributed by atoms with Gasteiger partial charge in [-0.1, -0.05) is 0 Å². The highest BCUT2D eigenvalue weighted by Gasteiger charge is 2.15. The maximum absolute atomic E-state index is 10.7. The lowest BCUT2D eigenvalue weighted by Crippen LogP contribution is -1.97. The van der Waals surface area contributed by atoms with E-state index in [0.29, 0.717) is 11.3 Å². The summed E-state index contributed by atoms with van der Waals surface area (Å²) in [7, 11) is 0. The number of aromatic nitrogens is 3. The summed E-state index contributed by atoms with van der Waals surface area (Å²) in [5.41, 5.74) is 1.31. The van der Waals surface area contributed by atoms with Crippen LogP contribution in [-0.4, -0.2) is 25.7 Å². The van der Waals surface area contributed by atoms with Gasteiger partial charge in [-0.15, -0.1) is 0 Å². The normalized spacial score (nSPS) is 10.8. The van der Waals surface area contributed by atoms with E-state index < -0.39 is 5.97 Å². The molecular weight excluding hydrogens is 158 g/mol. The molecule has 0 saturated heterocycles. The number of carboxylic acid groups (broad SMARTS) is 1. The van der Waals surface area contributed by atoms with Gasteiger partial charge in [0.15, 0.2) is 5.65 Å². The molecule has 0 bridgehead atoms. The summed E-state index contributed by atoms with van der Waals surface area (Å²) < 4.78 is 1.58. The maximum atomic E-state index is 10.7. The van der Waals surface area contributed by atoms with Crippen molar-refractivity contribution in [2.24, 2.45) is 0 Å². The highest BCUT2D eigenvalue weighted by molar-refractivity contribution is 5.95. The van der Waals surface area contributed by atoms with E-state index in [2.05, 4.69) is 10.1 Å². The van der Waals surface area contributed by atoms with Gasteiger partial charge in [-0.3, -0.25) is 5.10 Å². The average molecular weight is 165 g/mol. The van der Waals surface area contributed by atoms with Crippen molar-refractivity contribution in [1.82, 2.24) is 14.6 Å². The Labute approximate surface area is 67.6 Å². The predicted octanol–water partition coefficient (Wildman–Crippen LogP) is 0.669. The third kappa shape index (κ3) is 0.730. The number of H-pyrrole nitrogens is 1. The molecule has 0 unspecified atom stereocenters. The molecule has 12 heavy (non-hydrogen) atoms. The van der Waals surface area contributed by atoms with Gasteiger partial charge in [-0.2, -0.15) is 0 Å². The lowest BCUT2D eigenvalue weighted by Gasteiger charge is -1.87. The lowest BCUT2D eigenvalue weighted by atomic mass is 10.2. The Morgan fingerprint density at radius 2 is 2.50 bits per heavy atom. The lowest BCUT2D eigenvalue weighted by molar-refractivity contribution is 0.0698. The van der Waals surface area contributed by atoms with Crippen molar-refractivity contribution < 1.29 is 9.90 Å². The van der Waals surface area contributed by atoms with Crippen LogP contribution in [0.25, 0.3) is 5.65 Å². The molecule has 0 amide bonds. The number of nitrogens with one attached hydrogen (secondary N) is 1. The van der Waals surface area contributed by atoms with Crippen molar-refractivity contribution in [3.8, 4) is 0 Å². The van der Waals surface area contributed by atoms with Crippen LogP contribution in [0.2, 0.25) is 0 Å². The van der Waals surface area contributed by atoms with Crippen LogP contribution in [0.15, 0.2) is 12.4 Å². The molecule has 2 rings (SSSR count). The molecule has 5 nitrogen and oxygen atoms in total. The molecule has 2 N–H and O–H groups in total. The van der Waals surface area contributed by atoms with Crippen molar-refractivity contribution in [2.45, 2.75) is 6.92 Å². The molecule has 0 aliphatic heterocycles. The van der Waals surface area contributed by atoms with Gasteiger partial charge in [-0.05, 0) is 6.92 Å². The molecule has 0 fully saturated rings. The molecule has 2 aromatic heterocycles. The first-order valence-corrected chi connectivity index (χ1v) is 3.45. The van der Waals surface area contributed by atoms with Crippen molar-refractivity contribution in [2.75, 3.05) is 0 Å². The summed E-state index contributed by atoms with van der Waals surface area (Å²) in [6.45, 7) is 1.71. The number of aromatic amines is 1. The number of carbonyl (C=O) groups is 1. The molecule has 0 radical (unpaired) electrons. The van der Waals surface area contributed by atoms with E-state index in [-0.39, 0.29) is 5.56 Å². The molecule has 0 atom stereocenters. The van der Waals surface area contributed by atoms with Gasteiger partial charge < -0.3 is 5.11 Å². The van der Waals surface area contributed by atoms with E-state index in [9.17, 15) is 4.79 Å². The van der Waals surface area contributed by atoms with E-state index in [1.807, 2.05) is 0 Å². The van der Waals surface area contributed by atoms with Gasteiger partial charge >= 0.3 is 5.97 Å². The summed E-state index contributed by atoms with van der Waals surface area (Å²) in [5, 5.41) is 11.7. The van der Waals surface area contributed by atoms with Crippen LogP contribution in [0.5, 0.6) is 0 Å². The number of aromatic carboxylic acids is 1. The zero-order valence-corrected chi connectivity index (χ0v) is 6.40. The fourth-order valence-electron chi connectivity index (χ4n) is 1.24. The molecule has 0 saturated carbocycles. The zero-order chi connectivity index (χ0) is 8.72. The smallest absolute Gasteiger partial charge is 0.341 e. The first kappa shape index (κ1) is 6.90. The Bertz CT molecular complexity index is 440. The summed E-state index contributed by atoms with van der Waals surface area (Å²) in [6, 6.07) is 0. The minimum absolute atomic E-state index is 0.236. The third-order valence-electron chi connectivity index (χ3n) is 1.74. The quantitative estimate of drug-likeness (QED) is 0.652. The molecule has 62 valence electrons. The van der Waals surface area contributed by atoms with Crippen LogP contribution in [-0.2, 0) is 0 Å². The molecule has 0 aromatic carbocycles. The number of hydrogen-bond donors (Lipinski definition) is 2. The summed E-state index contributed by atoms with van der Waals surface area (Å²) in [4.78, 5) is 14.6. The first-order chi connectivity index (χ1) is 5.70. The second-order valence-corrected chi connectivity index (χ2v) is 2.54. The van der Waals surface area contributed by atoms with Crippen molar-refractivity contribution >= 4 is 11.6 Å². The van der Waals surface area contributed by atoms with E-state index in [4.69, 9.17) is 5.11 Å². The minimum Gasteiger partial charge on any atom is -0.477 e. The van der Waals surface area contributed by atoms with Crippen LogP contribution < -0.4 is 0 Å². The molecule has 0 aliphatic carbocycles. The number of carboxylic acids is 1. The predicted molar refractivity (Wildman–Crippen MR) is 41.2 cm³/mol. The van der Waals surface area contributed by atoms with Crippen molar-refractivity contribution in [1.29, 1.82) is 0 Å². The number of hydrogen-bond acceptors (Lipinski definition) is 2. The van der Waals surface area contributed by atoms with Gasteiger partial charge in [0.25, 0.3) is 0 Å². The SMILES string of the molecule is Cc1[nH]n2ccnc2c1C(=O)O. The highest BCUT2D eigenvalue weighted by Crippen LogP contribution is 2.12. The zero-order valence-electron chi connectivity index (χ0n) is 6.40. The highest BCUT2D eigenvalue weighted by atomic mass is 16.4. The third-order valence-corrected chi connectivity index (χ3v) is 1.74. The molecule has 2 heterocycles. The summed E-state index contributed by atoms with van der Waals surface area (Å²) in [6.07, 6.45) is 3.23. The van der Waals surface area contributed by atoms with Crippen LogP contribution in [0.3, 0.4) is 0 Å². The van der Waals surface area contributed by atoms with Crippen LogP contribution in [0.4, 0.5) is 0 Å². The van der Waals surface area contributed by atoms with Crippen LogP contribution in [0.1, 0.15) is 16.1 Å². The Morgan fingerprint density at radius 3 is 3.17 bits per heavy atom. The van der Waals surface area contributed by atoms with Crippen molar-refractivity contribution in [3.05, 3.63) is 23.7 Å². The van der Waals surface area contributed by atoms with E-state index in [1.54, 1.807) is 23.8 Å². The van der Waals surface area contributed by atoms with E-state index in [0.717, 1.165) is 0 Å². The molecule has 5 heteroatoms. The van der Waals surface area contributed by atoms with E-state index >= 15 is 0 Å². The monoisotopic (exact) mass is 165 g/mol. The number of imidazole rings is 1. The summed E-state index contributed by atoms with van der Waals surface area (Å²) >= 11 is 0. The Hall–Kier alpha value is -1.78. The number of nitrogens with zero attached hydrogens (tertiary/aromatic N) is 2. The van der Waals surface area contributed by atoms with Crippen LogP contribution >= 0.6 is 0 Å². The maximum Gasteiger partial charge on any atom is 0.341 e. The Morgan fingerprint density at radius 1 is 1.75 bits per heavy atom. The molecule has 0 aliphatic rings. The van der Waals surface area contributed by atoms with Gasteiger partial charge in [-0.25, -0.2) is 14.3 Å². The molecular formula is C7H7N3O2. The van der Waals surface area contributed by atoms with Gasteiger partial charge in [0, 0.05) is 18.1 Å². The van der Waals surface area contributed by atoms with E-state index in [1.165, 1.54) is 0 Å². The van der Waals surface area contributed by atoms with Crippen LogP contribution in [0, 0.1) is 6.92 Å². The average Bonchev–Trinajstić information content (AvgIpc) is 2.44. The molecule has 0 spiro atoms. The Kier molecular flexibility index (Phi) is 1.21. The van der Waals surface area contributed by atoms with Gasteiger partial charge in [0.1, 0.15) is 5.56 Å². The Balaban J connectivity index is 2.84. The molecule has 2 aromatic rings. The largest absolute Gasteiger partial charge is 0.477 e.